The van der Waals surface area contributed by atoms with Crippen molar-refractivity contribution in [3.8, 4) is 11.5 Å². The van der Waals surface area contributed by atoms with Gasteiger partial charge >= 0.3 is 0 Å². The maximum Gasteiger partial charge on any atom is 0.229 e. The van der Waals surface area contributed by atoms with E-state index in [9.17, 15) is 4.79 Å². The maximum atomic E-state index is 12.8. The molecule has 1 aromatic carbocycles. The first-order valence-corrected chi connectivity index (χ1v) is 9.50. The molecule has 7 nitrogen and oxygen atoms in total. The Morgan fingerprint density at radius 3 is 2.67 bits per heavy atom. The van der Waals surface area contributed by atoms with E-state index in [0.717, 1.165) is 25.8 Å². The molecule has 2 aliphatic rings. The van der Waals surface area contributed by atoms with Crippen LogP contribution in [-0.4, -0.2) is 42.2 Å². The van der Waals surface area contributed by atoms with Crippen LogP contribution in [0, 0.1) is 5.92 Å². The van der Waals surface area contributed by atoms with Gasteiger partial charge in [-0.25, -0.2) is 9.97 Å². The van der Waals surface area contributed by atoms with Crippen molar-refractivity contribution >= 4 is 29.1 Å². The highest BCUT2D eigenvalue weighted by Gasteiger charge is 2.28. The predicted molar refractivity (Wildman–Crippen MR) is 103 cm³/mol. The van der Waals surface area contributed by atoms with E-state index in [4.69, 9.17) is 21.1 Å². The van der Waals surface area contributed by atoms with Crippen molar-refractivity contribution in [3.05, 3.63) is 35.6 Å². The molecule has 0 spiro atoms. The summed E-state index contributed by atoms with van der Waals surface area (Å²) in [5, 5.41) is 3.39. The van der Waals surface area contributed by atoms with Gasteiger partial charge in [0.15, 0.2) is 11.5 Å². The van der Waals surface area contributed by atoms with E-state index in [1.807, 2.05) is 4.90 Å². The van der Waals surface area contributed by atoms with Crippen LogP contribution in [0.15, 0.2) is 30.6 Å². The van der Waals surface area contributed by atoms with E-state index in [1.165, 1.54) is 0 Å². The number of anilines is 2. The molecule has 0 bridgehead atoms. The quantitative estimate of drug-likeness (QED) is 0.870. The first-order chi connectivity index (χ1) is 13.2. The Kier molecular flexibility index (Phi) is 5.29. The normalized spacial score (nSPS) is 19.3. The number of amides is 1. The zero-order valence-corrected chi connectivity index (χ0v) is 15.6. The van der Waals surface area contributed by atoms with Crippen LogP contribution in [0.4, 0.5) is 11.6 Å². The molecule has 0 saturated carbocycles. The van der Waals surface area contributed by atoms with Crippen molar-refractivity contribution in [1.29, 1.82) is 0 Å². The van der Waals surface area contributed by atoms with E-state index >= 15 is 0 Å². The van der Waals surface area contributed by atoms with E-state index in [2.05, 4.69) is 15.3 Å². The number of ether oxygens (including phenoxy) is 2. The molecule has 1 unspecified atom stereocenters. The smallest absolute Gasteiger partial charge is 0.229 e. The van der Waals surface area contributed by atoms with Gasteiger partial charge in [0.25, 0.3) is 0 Å². The SMILES string of the molecule is O=C(Nc1cc2c(cc1Cl)OCCCO2)C1CCCN(c2ncccn2)C1. The average Bonchev–Trinajstić information content (AvgIpc) is 2.94. The Labute approximate surface area is 162 Å². The molecule has 1 aromatic heterocycles. The van der Waals surface area contributed by atoms with E-state index in [1.54, 1.807) is 30.6 Å². The van der Waals surface area contributed by atoms with Gasteiger partial charge < -0.3 is 19.7 Å². The van der Waals surface area contributed by atoms with Crippen LogP contribution >= 0.6 is 11.6 Å². The number of aromatic nitrogens is 2. The van der Waals surface area contributed by atoms with Crippen LogP contribution in [0.5, 0.6) is 11.5 Å². The Balaban J connectivity index is 1.46. The number of carbonyl (C=O) groups is 1. The number of benzene rings is 1. The number of fused-ring (bicyclic) bond motifs is 1. The summed E-state index contributed by atoms with van der Waals surface area (Å²) in [7, 11) is 0. The van der Waals surface area contributed by atoms with Gasteiger partial charge in [-0.15, -0.1) is 0 Å². The molecule has 1 amide bonds. The fourth-order valence-electron chi connectivity index (χ4n) is 3.34. The average molecular weight is 389 g/mol. The summed E-state index contributed by atoms with van der Waals surface area (Å²) in [5.41, 5.74) is 0.541. The minimum atomic E-state index is -0.158. The second kappa shape index (κ2) is 8.00. The molecular formula is C19H21ClN4O3. The van der Waals surface area contributed by atoms with Gasteiger partial charge in [-0.3, -0.25) is 4.79 Å². The molecule has 0 radical (unpaired) electrons. The van der Waals surface area contributed by atoms with Crippen molar-refractivity contribution in [3.63, 3.8) is 0 Å². The molecule has 1 saturated heterocycles. The van der Waals surface area contributed by atoms with Gasteiger partial charge in [-0.05, 0) is 18.9 Å². The second-order valence-corrected chi connectivity index (χ2v) is 7.06. The van der Waals surface area contributed by atoms with E-state index < -0.39 is 0 Å². The van der Waals surface area contributed by atoms with Crippen LogP contribution < -0.4 is 19.7 Å². The molecule has 8 heteroatoms. The van der Waals surface area contributed by atoms with Crippen LogP contribution in [0.1, 0.15) is 19.3 Å². The molecule has 1 atom stereocenters. The lowest BCUT2D eigenvalue weighted by Gasteiger charge is -2.32. The number of hydrogen-bond acceptors (Lipinski definition) is 6. The molecule has 27 heavy (non-hydrogen) atoms. The number of nitrogens with one attached hydrogen (secondary N) is 1. The Hall–Kier alpha value is -2.54. The number of nitrogens with zero attached hydrogens (tertiary/aromatic N) is 3. The summed E-state index contributed by atoms with van der Waals surface area (Å²) < 4.78 is 11.3. The van der Waals surface area contributed by atoms with Gasteiger partial charge in [-0.2, -0.15) is 0 Å². The second-order valence-electron chi connectivity index (χ2n) is 6.65. The van der Waals surface area contributed by atoms with Crippen molar-refractivity contribution in [2.45, 2.75) is 19.3 Å². The summed E-state index contributed by atoms with van der Waals surface area (Å²) >= 11 is 6.34. The number of piperidine rings is 1. The van der Waals surface area contributed by atoms with E-state index in [0.29, 0.717) is 47.9 Å². The van der Waals surface area contributed by atoms with Crippen LogP contribution in [0.25, 0.3) is 0 Å². The predicted octanol–water partition coefficient (Wildman–Crippen LogP) is 3.15. The molecule has 2 aromatic rings. The maximum absolute atomic E-state index is 12.8. The molecule has 4 rings (SSSR count). The highest BCUT2D eigenvalue weighted by atomic mass is 35.5. The van der Waals surface area contributed by atoms with Crippen LogP contribution in [0.3, 0.4) is 0 Å². The minimum Gasteiger partial charge on any atom is -0.490 e. The third kappa shape index (κ3) is 4.08. The fourth-order valence-corrected chi connectivity index (χ4v) is 3.54. The van der Waals surface area contributed by atoms with E-state index in [-0.39, 0.29) is 11.8 Å². The highest BCUT2D eigenvalue weighted by molar-refractivity contribution is 6.34. The Morgan fingerprint density at radius 2 is 1.89 bits per heavy atom. The molecular weight excluding hydrogens is 368 g/mol. The Morgan fingerprint density at radius 1 is 1.15 bits per heavy atom. The van der Waals surface area contributed by atoms with Crippen LogP contribution in [-0.2, 0) is 4.79 Å². The largest absolute Gasteiger partial charge is 0.490 e. The summed E-state index contributed by atoms with van der Waals surface area (Å²) in [6.07, 6.45) is 5.96. The third-order valence-corrected chi connectivity index (χ3v) is 5.03. The summed E-state index contributed by atoms with van der Waals surface area (Å²) in [6.45, 7) is 2.60. The van der Waals surface area contributed by atoms with Crippen LogP contribution in [0.2, 0.25) is 5.02 Å². The third-order valence-electron chi connectivity index (χ3n) is 4.72. The zero-order valence-electron chi connectivity index (χ0n) is 14.9. The standard InChI is InChI=1S/C19H21ClN4O3/c20-14-10-16-17(27-9-3-8-26-16)11-15(14)23-18(25)13-4-1-7-24(12-13)19-21-5-2-6-22-19/h2,5-6,10-11,13H,1,3-4,7-9,12H2,(H,23,25). The van der Waals surface area contributed by atoms with Gasteiger partial charge in [-0.1, -0.05) is 11.6 Å². The lowest BCUT2D eigenvalue weighted by Crippen LogP contribution is -2.41. The number of halogens is 1. The lowest BCUT2D eigenvalue weighted by molar-refractivity contribution is -0.120. The highest BCUT2D eigenvalue weighted by Crippen LogP contribution is 2.38. The minimum absolute atomic E-state index is 0.0629. The molecule has 1 N–H and O–H groups in total. The summed E-state index contributed by atoms with van der Waals surface area (Å²) in [4.78, 5) is 23.4. The molecule has 142 valence electrons. The zero-order chi connectivity index (χ0) is 18.6. The van der Waals surface area contributed by atoms with Crippen molar-refractivity contribution in [1.82, 2.24) is 9.97 Å². The van der Waals surface area contributed by atoms with Crippen molar-refractivity contribution < 1.29 is 14.3 Å². The number of hydrogen-bond donors (Lipinski definition) is 1. The van der Waals surface area contributed by atoms with Crippen molar-refractivity contribution in [2.24, 2.45) is 5.92 Å². The van der Waals surface area contributed by atoms with Gasteiger partial charge in [0, 0.05) is 44.0 Å². The Bertz CT molecular complexity index is 818. The van der Waals surface area contributed by atoms with Gasteiger partial charge in [0.1, 0.15) is 0 Å². The first kappa shape index (κ1) is 17.9. The molecule has 1 fully saturated rings. The van der Waals surface area contributed by atoms with Gasteiger partial charge in [0.2, 0.25) is 11.9 Å². The summed E-state index contributed by atoms with van der Waals surface area (Å²) in [5.74, 6) is 1.65. The summed E-state index contributed by atoms with van der Waals surface area (Å²) in [6, 6.07) is 5.22. The lowest BCUT2D eigenvalue weighted by atomic mass is 9.97. The first-order valence-electron chi connectivity index (χ1n) is 9.12. The van der Waals surface area contributed by atoms with Crippen molar-refractivity contribution in [2.75, 3.05) is 36.5 Å². The number of carbonyl (C=O) groups excluding carboxylic acids is 1. The fraction of sp³-hybridized carbons (Fsp3) is 0.421. The molecule has 2 aliphatic heterocycles. The number of rotatable bonds is 3. The molecule has 0 aliphatic carbocycles. The van der Waals surface area contributed by atoms with Gasteiger partial charge in [0.05, 0.1) is 29.8 Å². The monoisotopic (exact) mass is 388 g/mol. The molecule has 3 heterocycles. The topological polar surface area (TPSA) is 76.6 Å².